The molecule has 0 saturated heterocycles. The van der Waals surface area contributed by atoms with Gasteiger partial charge in [0.15, 0.2) is 0 Å². The Hall–Kier alpha value is -3.64. The first-order chi connectivity index (χ1) is 15.5. The van der Waals surface area contributed by atoms with Crippen molar-refractivity contribution in [3.8, 4) is 0 Å². The average molecular weight is 446 g/mol. The van der Waals surface area contributed by atoms with Gasteiger partial charge < -0.3 is 10.6 Å². The molecule has 0 radical (unpaired) electrons. The first kappa shape index (κ1) is 20.3. The van der Waals surface area contributed by atoms with Crippen molar-refractivity contribution in [2.24, 2.45) is 5.10 Å². The number of rotatable bonds is 4. The van der Waals surface area contributed by atoms with E-state index >= 15 is 0 Å². The normalized spacial score (nSPS) is 17.2. The predicted octanol–water partition coefficient (Wildman–Crippen LogP) is 5.76. The van der Waals surface area contributed by atoms with E-state index in [1.807, 2.05) is 36.2 Å². The van der Waals surface area contributed by atoms with Crippen LogP contribution in [0.1, 0.15) is 22.3 Å². The fourth-order valence-electron chi connectivity index (χ4n) is 3.93. The van der Waals surface area contributed by atoms with E-state index in [-0.39, 0.29) is 12.0 Å². The highest BCUT2D eigenvalue weighted by Gasteiger charge is 2.33. The highest BCUT2D eigenvalue weighted by atomic mass is 35.5. The molecule has 0 fully saturated rings. The molecule has 0 saturated carbocycles. The molecule has 1 aromatic heterocycles. The minimum Gasteiger partial charge on any atom is -0.358 e. The van der Waals surface area contributed by atoms with Crippen molar-refractivity contribution in [3.05, 3.63) is 101 Å². The number of halogens is 2. The van der Waals surface area contributed by atoms with Crippen molar-refractivity contribution < 1.29 is 4.39 Å². The smallest absolute Gasteiger partial charge is 0.149 e. The van der Waals surface area contributed by atoms with Crippen molar-refractivity contribution in [1.82, 2.24) is 15.3 Å². The number of pyridine rings is 1. The zero-order chi connectivity index (χ0) is 22.2. The molecular weight excluding hydrogens is 425 g/mol. The molecule has 160 valence electrons. The lowest BCUT2D eigenvalue weighted by Gasteiger charge is -2.24. The Kier molecular flexibility index (Phi) is 5.15. The first-order valence-electron chi connectivity index (χ1n) is 10.3. The molecule has 3 heterocycles. The van der Waals surface area contributed by atoms with E-state index in [1.165, 1.54) is 17.7 Å². The summed E-state index contributed by atoms with van der Waals surface area (Å²) in [5, 5.41) is 13.7. The number of hydrazone groups is 1. The van der Waals surface area contributed by atoms with Gasteiger partial charge in [0.2, 0.25) is 0 Å². The number of hydrogen-bond acceptors (Lipinski definition) is 5. The Labute approximate surface area is 190 Å². The lowest BCUT2D eigenvalue weighted by atomic mass is 10.0. The lowest BCUT2D eigenvalue weighted by Crippen LogP contribution is -2.34. The van der Waals surface area contributed by atoms with E-state index in [1.54, 1.807) is 18.3 Å². The van der Waals surface area contributed by atoms with Crippen LogP contribution in [0.4, 0.5) is 15.9 Å². The molecule has 5 rings (SSSR count). The summed E-state index contributed by atoms with van der Waals surface area (Å²) in [6.07, 6.45) is 5.39. The number of benzene rings is 2. The van der Waals surface area contributed by atoms with Gasteiger partial charge >= 0.3 is 0 Å². The van der Waals surface area contributed by atoms with Crippen LogP contribution in [0.15, 0.2) is 78.0 Å². The highest BCUT2D eigenvalue weighted by molar-refractivity contribution is 6.68. The summed E-state index contributed by atoms with van der Waals surface area (Å²) in [7, 11) is 0. The van der Waals surface area contributed by atoms with Gasteiger partial charge in [0.05, 0.1) is 11.4 Å². The van der Waals surface area contributed by atoms with E-state index in [2.05, 4.69) is 45.8 Å². The van der Waals surface area contributed by atoms with Crippen LogP contribution in [0.25, 0.3) is 11.4 Å². The largest absolute Gasteiger partial charge is 0.358 e. The molecule has 2 N–H and O–H groups in total. The van der Waals surface area contributed by atoms with Gasteiger partial charge in [-0.15, -0.1) is 0 Å². The monoisotopic (exact) mass is 445 g/mol. The van der Waals surface area contributed by atoms with Gasteiger partial charge in [-0.1, -0.05) is 35.4 Å². The Morgan fingerprint density at radius 1 is 1.06 bits per heavy atom. The average Bonchev–Trinajstić information content (AvgIpc) is 3.14. The lowest BCUT2D eigenvalue weighted by molar-refractivity contribution is 0.357. The van der Waals surface area contributed by atoms with Gasteiger partial charge in [0.25, 0.3) is 0 Å². The summed E-state index contributed by atoms with van der Waals surface area (Å²) < 4.78 is 13.5. The maximum absolute atomic E-state index is 13.5. The van der Waals surface area contributed by atoms with Crippen LogP contribution in [0.5, 0.6) is 0 Å². The van der Waals surface area contributed by atoms with Crippen LogP contribution in [0.2, 0.25) is 0 Å². The molecule has 1 atom stereocenters. The van der Waals surface area contributed by atoms with Gasteiger partial charge in [-0.05, 0) is 68.0 Å². The fraction of sp³-hybridized carbons (Fsp3) is 0.120. The fourth-order valence-corrected chi connectivity index (χ4v) is 4.08. The summed E-state index contributed by atoms with van der Waals surface area (Å²) in [4.78, 5) is 4.46. The van der Waals surface area contributed by atoms with E-state index in [0.717, 1.165) is 33.8 Å². The van der Waals surface area contributed by atoms with Crippen molar-refractivity contribution in [1.29, 1.82) is 0 Å². The number of fused-ring (bicyclic) bond motifs is 1. The Balaban J connectivity index is 1.59. The highest BCUT2D eigenvalue weighted by Crippen LogP contribution is 2.37. The summed E-state index contributed by atoms with van der Waals surface area (Å²) in [6, 6.07) is 16.9. The summed E-state index contributed by atoms with van der Waals surface area (Å²) in [5.74, 6) is 0.387. The quantitative estimate of drug-likeness (QED) is 0.536. The van der Waals surface area contributed by atoms with Crippen LogP contribution in [0.3, 0.4) is 0 Å². The van der Waals surface area contributed by atoms with Gasteiger partial charge in [0, 0.05) is 23.0 Å². The number of aryl methyl sites for hydroxylation is 2. The van der Waals surface area contributed by atoms with Gasteiger partial charge in [-0.2, -0.15) is 5.10 Å². The first-order valence-corrected chi connectivity index (χ1v) is 10.6. The molecule has 0 amide bonds. The number of hydrogen-bond donors (Lipinski definition) is 2. The maximum atomic E-state index is 13.5. The third-order valence-electron chi connectivity index (χ3n) is 5.43. The number of anilines is 2. The van der Waals surface area contributed by atoms with Crippen molar-refractivity contribution in [3.63, 3.8) is 0 Å². The molecule has 0 spiro atoms. The van der Waals surface area contributed by atoms with E-state index in [4.69, 9.17) is 11.6 Å². The summed E-state index contributed by atoms with van der Waals surface area (Å²) >= 11 is 6.24. The molecule has 2 aliphatic rings. The molecule has 3 aromatic rings. The number of aromatic nitrogens is 1. The minimum absolute atomic E-state index is 0.132. The zero-order valence-electron chi connectivity index (χ0n) is 17.6. The van der Waals surface area contributed by atoms with E-state index in [0.29, 0.717) is 11.0 Å². The standard InChI is InChI=1S/C25H21ClFN5/c1-15-4-3-5-17(12-15)24-25(32-23(30-24)9-8-21(26)31-32)18-10-11-28-22(14-18)29-20-7-6-19(27)13-16(20)2/h3-14,23,30H,1-2H3,(H,28,29). The molecule has 7 heteroatoms. The molecule has 32 heavy (non-hydrogen) atoms. The second-order valence-electron chi connectivity index (χ2n) is 7.82. The van der Waals surface area contributed by atoms with Gasteiger partial charge in [0.1, 0.15) is 23.0 Å². The van der Waals surface area contributed by atoms with Crippen molar-refractivity contribution >= 4 is 39.7 Å². The predicted molar refractivity (Wildman–Crippen MR) is 128 cm³/mol. The maximum Gasteiger partial charge on any atom is 0.149 e. The Morgan fingerprint density at radius 3 is 2.75 bits per heavy atom. The second-order valence-corrected chi connectivity index (χ2v) is 8.21. The van der Waals surface area contributed by atoms with Crippen molar-refractivity contribution in [2.45, 2.75) is 20.0 Å². The molecule has 2 aliphatic heterocycles. The Bertz CT molecular complexity index is 1300. The molecule has 0 aliphatic carbocycles. The van der Waals surface area contributed by atoms with E-state index in [9.17, 15) is 4.39 Å². The van der Waals surface area contributed by atoms with Crippen LogP contribution in [0, 0.1) is 19.7 Å². The van der Waals surface area contributed by atoms with Gasteiger partial charge in [-0.3, -0.25) is 0 Å². The number of nitrogens with one attached hydrogen (secondary N) is 2. The number of allylic oxidation sites excluding steroid dienone is 1. The number of nitrogens with zero attached hydrogens (tertiary/aromatic N) is 3. The zero-order valence-corrected chi connectivity index (χ0v) is 18.4. The van der Waals surface area contributed by atoms with Crippen LogP contribution in [-0.2, 0) is 0 Å². The minimum atomic E-state index is -0.265. The van der Waals surface area contributed by atoms with Crippen LogP contribution < -0.4 is 10.6 Å². The molecule has 1 unspecified atom stereocenters. The Morgan fingerprint density at radius 2 is 1.94 bits per heavy atom. The molecule has 2 aromatic carbocycles. The topological polar surface area (TPSA) is 52.6 Å². The van der Waals surface area contributed by atoms with Crippen LogP contribution >= 0.6 is 11.6 Å². The third-order valence-corrected chi connectivity index (χ3v) is 5.63. The third kappa shape index (κ3) is 3.85. The molecular formula is C25H21ClFN5. The van der Waals surface area contributed by atoms with Crippen molar-refractivity contribution in [2.75, 3.05) is 5.32 Å². The molecule has 0 bridgehead atoms. The summed E-state index contributed by atoms with van der Waals surface area (Å²) in [5.41, 5.74) is 6.64. The SMILES string of the molecule is Cc1cccc(C2=C(c3ccnc(Nc4ccc(F)cc4C)c3)N3N=C(Cl)C=CC3N2)c1. The second kappa shape index (κ2) is 8.13. The van der Waals surface area contributed by atoms with E-state index < -0.39 is 0 Å². The van der Waals surface area contributed by atoms with Gasteiger partial charge in [-0.25, -0.2) is 14.4 Å². The molecule has 5 nitrogen and oxygen atoms in total. The summed E-state index contributed by atoms with van der Waals surface area (Å²) in [6.45, 7) is 3.93. The van der Waals surface area contributed by atoms with Crippen LogP contribution in [-0.4, -0.2) is 21.3 Å².